The maximum Gasteiger partial charge on any atom is 0.177 e. The predicted octanol–water partition coefficient (Wildman–Crippen LogP) is 2.31. The van der Waals surface area contributed by atoms with E-state index in [0.29, 0.717) is 19.1 Å². The summed E-state index contributed by atoms with van der Waals surface area (Å²) in [6.07, 6.45) is 6.92. The van der Waals surface area contributed by atoms with Crippen molar-refractivity contribution in [3.05, 3.63) is 12.2 Å². The molecule has 0 aromatic heterocycles. The van der Waals surface area contributed by atoms with Gasteiger partial charge in [0.1, 0.15) is 0 Å². The molecule has 2 fully saturated rings. The minimum Gasteiger partial charge on any atom is -0.347 e. The van der Waals surface area contributed by atoms with Crippen molar-refractivity contribution >= 4 is 5.78 Å². The molecule has 0 aromatic carbocycles. The van der Waals surface area contributed by atoms with Crippen molar-refractivity contribution < 1.29 is 14.3 Å². The monoisotopic (exact) mass is 236 g/mol. The summed E-state index contributed by atoms with van der Waals surface area (Å²) in [7, 11) is 0. The molecule has 94 valence electrons. The highest BCUT2D eigenvalue weighted by Gasteiger charge is 2.60. The average molecular weight is 236 g/mol. The van der Waals surface area contributed by atoms with Crippen LogP contribution >= 0.6 is 0 Å². The molecule has 0 amide bonds. The van der Waals surface area contributed by atoms with Crippen molar-refractivity contribution in [2.75, 3.05) is 13.2 Å². The Balaban J connectivity index is 2.04. The van der Waals surface area contributed by atoms with Gasteiger partial charge in [0.25, 0.3) is 0 Å². The van der Waals surface area contributed by atoms with E-state index in [0.717, 1.165) is 19.3 Å². The second kappa shape index (κ2) is 3.66. The molecular formula is C14H20O3. The molecule has 1 aliphatic heterocycles. The zero-order valence-electron chi connectivity index (χ0n) is 10.6. The summed E-state index contributed by atoms with van der Waals surface area (Å²) in [6, 6.07) is 0. The molecule has 0 radical (unpaired) electrons. The van der Waals surface area contributed by atoms with Crippen LogP contribution in [0.15, 0.2) is 12.2 Å². The summed E-state index contributed by atoms with van der Waals surface area (Å²) >= 11 is 0. The Bertz CT molecular complexity index is 368. The number of rotatable bonds is 0. The molecule has 3 atom stereocenters. The van der Waals surface area contributed by atoms with E-state index in [9.17, 15) is 4.79 Å². The maximum absolute atomic E-state index is 11.8. The Morgan fingerprint density at radius 3 is 2.76 bits per heavy atom. The summed E-state index contributed by atoms with van der Waals surface area (Å²) in [5.74, 6) is 0.228. The molecule has 0 N–H and O–H groups in total. The smallest absolute Gasteiger partial charge is 0.177 e. The van der Waals surface area contributed by atoms with Crippen molar-refractivity contribution in [3.8, 4) is 0 Å². The fraction of sp³-hybridized carbons (Fsp3) is 0.786. The lowest BCUT2D eigenvalue weighted by Crippen LogP contribution is -2.57. The topological polar surface area (TPSA) is 35.5 Å². The van der Waals surface area contributed by atoms with Crippen LogP contribution in [0.25, 0.3) is 0 Å². The van der Waals surface area contributed by atoms with Crippen LogP contribution in [0.2, 0.25) is 0 Å². The third-order valence-electron chi connectivity index (χ3n) is 5.01. The van der Waals surface area contributed by atoms with Gasteiger partial charge >= 0.3 is 0 Å². The number of allylic oxidation sites excluding steroid dienone is 1. The quantitative estimate of drug-likeness (QED) is 0.647. The van der Waals surface area contributed by atoms with E-state index in [-0.39, 0.29) is 17.1 Å². The first-order chi connectivity index (χ1) is 8.09. The van der Waals surface area contributed by atoms with Crippen molar-refractivity contribution in [2.45, 2.75) is 38.9 Å². The van der Waals surface area contributed by atoms with Gasteiger partial charge in [-0.25, -0.2) is 0 Å². The molecule has 3 heteroatoms. The predicted molar refractivity (Wildman–Crippen MR) is 63.4 cm³/mol. The van der Waals surface area contributed by atoms with Gasteiger partial charge in [-0.15, -0.1) is 0 Å². The van der Waals surface area contributed by atoms with Gasteiger partial charge in [-0.2, -0.15) is 0 Å². The Hall–Kier alpha value is -0.670. The first-order valence-corrected chi connectivity index (χ1v) is 6.60. The molecular weight excluding hydrogens is 216 g/mol. The Kier molecular flexibility index (Phi) is 2.46. The molecule has 1 spiro atoms. The fourth-order valence-corrected chi connectivity index (χ4v) is 3.94. The van der Waals surface area contributed by atoms with E-state index >= 15 is 0 Å². The van der Waals surface area contributed by atoms with Gasteiger partial charge in [-0.1, -0.05) is 19.9 Å². The highest BCUT2D eigenvalue weighted by molar-refractivity contribution is 5.93. The largest absolute Gasteiger partial charge is 0.347 e. The molecule has 2 aliphatic carbocycles. The van der Waals surface area contributed by atoms with E-state index in [1.165, 1.54) is 0 Å². The minimum absolute atomic E-state index is 0.0926. The lowest BCUT2D eigenvalue weighted by molar-refractivity contribution is -0.256. The van der Waals surface area contributed by atoms with E-state index in [1.807, 2.05) is 13.0 Å². The number of carbonyl (C=O) groups excluding carboxylic acids is 1. The van der Waals surface area contributed by atoms with E-state index in [1.54, 1.807) is 6.08 Å². The number of hydrogen-bond donors (Lipinski definition) is 0. The second-order valence-electron chi connectivity index (χ2n) is 5.76. The molecule has 3 rings (SSSR count). The van der Waals surface area contributed by atoms with Gasteiger partial charge in [0.15, 0.2) is 11.6 Å². The van der Waals surface area contributed by atoms with Gasteiger partial charge in [0, 0.05) is 17.8 Å². The molecule has 0 aromatic rings. The van der Waals surface area contributed by atoms with E-state index in [2.05, 4.69) is 6.92 Å². The highest BCUT2D eigenvalue weighted by atomic mass is 16.7. The first kappa shape index (κ1) is 11.4. The fourth-order valence-electron chi connectivity index (χ4n) is 3.94. The zero-order chi connectivity index (χ0) is 12.1. The van der Waals surface area contributed by atoms with Crippen LogP contribution in [0.3, 0.4) is 0 Å². The molecule has 1 saturated heterocycles. The number of ether oxygens (including phenoxy) is 2. The van der Waals surface area contributed by atoms with Gasteiger partial charge < -0.3 is 9.47 Å². The first-order valence-electron chi connectivity index (χ1n) is 6.60. The summed E-state index contributed by atoms with van der Waals surface area (Å²) in [6.45, 7) is 5.60. The standard InChI is InChI=1S/C14H20O3/c1-10-11-4-3-6-14(16-8-9-17-14)13(11,2)7-5-12(10)15/h5,7,10-11H,3-4,6,8-9H2,1-2H3/t10-,11-,13-/m1/s1. The van der Waals surface area contributed by atoms with Crippen LogP contribution < -0.4 is 0 Å². The molecule has 1 saturated carbocycles. The molecule has 1 heterocycles. The highest BCUT2D eigenvalue weighted by Crippen LogP contribution is 2.56. The molecule has 3 aliphatic rings. The summed E-state index contributed by atoms with van der Waals surface area (Å²) in [5, 5.41) is 0. The maximum atomic E-state index is 11.8. The number of ketones is 1. The minimum atomic E-state index is -0.471. The van der Waals surface area contributed by atoms with Crippen LogP contribution in [-0.2, 0) is 14.3 Å². The van der Waals surface area contributed by atoms with Crippen LogP contribution in [0, 0.1) is 17.3 Å². The van der Waals surface area contributed by atoms with Gasteiger partial charge in [0.05, 0.1) is 13.2 Å². The SMILES string of the molecule is C[C@H]1C(=O)C=C[C@]2(C)[C@@H]1CCCC21OCCO1. The zero-order valence-corrected chi connectivity index (χ0v) is 10.6. The molecule has 17 heavy (non-hydrogen) atoms. The lowest BCUT2D eigenvalue weighted by Gasteiger charge is -2.53. The summed E-state index contributed by atoms with van der Waals surface area (Å²) in [5.41, 5.74) is -0.144. The average Bonchev–Trinajstić information content (AvgIpc) is 2.78. The lowest BCUT2D eigenvalue weighted by atomic mass is 9.56. The summed E-state index contributed by atoms with van der Waals surface area (Å²) < 4.78 is 11.9. The van der Waals surface area contributed by atoms with Crippen LogP contribution in [0.4, 0.5) is 0 Å². The Morgan fingerprint density at radius 2 is 2.06 bits per heavy atom. The van der Waals surface area contributed by atoms with Crippen molar-refractivity contribution in [1.29, 1.82) is 0 Å². The third-order valence-corrected chi connectivity index (χ3v) is 5.01. The molecule has 0 unspecified atom stereocenters. The molecule has 0 bridgehead atoms. The summed E-state index contributed by atoms with van der Waals surface area (Å²) in [4.78, 5) is 11.8. The number of hydrogen-bond acceptors (Lipinski definition) is 3. The van der Waals surface area contributed by atoms with Gasteiger partial charge in [0.2, 0.25) is 0 Å². The third kappa shape index (κ3) is 1.39. The normalized spacial score (nSPS) is 44.0. The van der Waals surface area contributed by atoms with Crippen molar-refractivity contribution in [3.63, 3.8) is 0 Å². The number of carbonyl (C=O) groups is 1. The molecule has 3 nitrogen and oxygen atoms in total. The Morgan fingerprint density at radius 1 is 1.35 bits per heavy atom. The van der Waals surface area contributed by atoms with Crippen LogP contribution in [0.1, 0.15) is 33.1 Å². The van der Waals surface area contributed by atoms with Gasteiger partial charge in [-0.05, 0) is 24.8 Å². The van der Waals surface area contributed by atoms with Gasteiger partial charge in [-0.3, -0.25) is 4.79 Å². The van der Waals surface area contributed by atoms with Crippen LogP contribution in [-0.4, -0.2) is 24.8 Å². The van der Waals surface area contributed by atoms with E-state index < -0.39 is 5.79 Å². The van der Waals surface area contributed by atoms with E-state index in [4.69, 9.17) is 9.47 Å². The van der Waals surface area contributed by atoms with Crippen LogP contribution in [0.5, 0.6) is 0 Å². The Labute approximate surface area is 102 Å². The van der Waals surface area contributed by atoms with Crippen molar-refractivity contribution in [1.82, 2.24) is 0 Å². The number of fused-ring (bicyclic) bond motifs is 2. The second-order valence-corrected chi connectivity index (χ2v) is 5.76. The van der Waals surface area contributed by atoms with Crippen molar-refractivity contribution in [2.24, 2.45) is 17.3 Å².